The second-order valence-corrected chi connectivity index (χ2v) is 7.23. The minimum absolute atomic E-state index is 0.0704. The van der Waals surface area contributed by atoms with Gasteiger partial charge in [0.15, 0.2) is 11.7 Å². The summed E-state index contributed by atoms with van der Waals surface area (Å²) in [7, 11) is 1.62. The molecule has 3 aromatic rings. The molecule has 2 aromatic carbocycles. The molecule has 1 heterocycles. The van der Waals surface area contributed by atoms with Gasteiger partial charge in [0, 0.05) is 31.0 Å². The summed E-state index contributed by atoms with van der Waals surface area (Å²) in [6.07, 6.45) is 4.50. The Kier molecular flexibility index (Phi) is 5.60. The number of carbonyl (C=O) groups is 1. The molecule has 1 saturated carbocycles. The topological polar surface area (TPSA) is 55.6 Å². The van der Waals surface area contributed by atoms with Crippen molar-refractivity contribution in [2.45, 2.75) is 38.3 Å². The second kappa shape index (κ2) is 8.47. The first-order valence-corrected chi connectivity index (χ1v) is 9.75. The standard InChI is InChI=1S/C23H23FN2O3/c1-28-20-10-4-17(5-11-20)21-14-25-22(29-21)12-13-23(27)26(19-8-9-19)15-16-2-6-18(24)7-3-16/h2-7,10-11,14,19H,8-9,12-13,15H2,1H3. The number of aryl methyl sites for hydroxylation is 1. The van der Waals surface area contributed by atoms with Gasteiger partial charge >= 0.3 is 0 Å². The largest absolute Gasteiger partial charge is 0.497 e. The van der Waals surface area contributed by atoms with Crippen molar-refractivity contribution < 1.29 is 18.3 Å². The van der Waals surface area contributed by atoms with Crippen LogP contribution in [-0.4, -0.2) is 28.9 Å². The van der Waals surface area contributed by atoms with Crippen LogP contribution in [0.25, 0.3) is 11.3 Å². The summed E-state index contributed by atoms with van der Waals surface area (Å²) in [4.78, 5) is 19.0. The monoisotopic (exact) mass is 394 g/mol. The molecule has 1 amide bonds. The van der Waals surface area contributed by atoms with Crippen LogP contribution >= 0.6 is 0 Å². The predicted octanol–water partition coefficient (Wildman–Crippen LogP) is 4.61. The lowest BCUT2D eigenvalue weighted by Gasteiger charge is -2.22. The molecule has 1 aliphatic rings. The summed E-state index contributed by atoms with van der Waals surface area (Å²) in [5.74, 6) is 1.79. The van der Waals surface area contributed by atoms with Gasteiger partial charge in [-0.25, -0.2) is 9.37 Å². The molecule has 6 heteroatoms. The quantitative estimate of drug-likeness (QED) is 0.560. The van der Waals surface area contributed by atoms with Crippen LogP contribution in [0.4, 0.5) is 4.39 Å². The van der Waals surface area contributed by atoms with Crippen molar-refractivity contribution in [2.24, 2.45) is 0 Å². The number of amides is 1. The zero-order valence-corrected chi connectivity index (χ0v) is 16.3. The van der Waals surface area contributed by atoms with Crippen molar-refractivity contribution in [3.8, 4) is 17.1 Å². The van der Waals surface area contributed by atoms with Gasteiger partial charge in [0.25, 0.3) is 0 Å². The molecule has 0 bridgehead atoms. The summed E-state index contributed by atoms with van der Waals surface area (Å²) in [5.41, 5.74) is 1.84. The van der Waals surface area contributed by atoms with E-state index >= 15 is 0 Å². The van der Waals surface area contributed by atoms with E-state index in [4.69, 9.17) is 9.15 Å². The van der Waals surface area contributed by atoms with Gasteiger partial charge in [0.05, 0.1) is 13.3 Å². The highest BCUT2D eigenvalue weighted by Gasteiger charge is 2.32. The summed E-state index contributed by atoms with van der Waals surface area (Å²) < 4.78 is 24.1. The summed E-state index contributed by atoms with van der Waals surface area (Å²) in [6, 6.07) is 14.1. The number of halogens is 1. The highest BCUT2D eigenvalue weighted by Crippen LogP contribution is 2.29. The van der Waals surface area contributed by atoms with Crippen molar-refractivity contribution >= 4 is 5.91 Å². The fraction of sp³-hybridized carbons (Fsp3) is 0.304. The van der Waals surface area contributed by atoms with Crippen LogP contribution in [0.1, 0.15) is 30.7 Å². The van der Waals surface area contributed by atoms with Crippen LogP contribution in [0, 0.1) is 5.82 Å². The normalized spacial score (nSPS) is 13.3. The van der Waals surface area contributed by atoms with E-state index in [1.54, 1.807) is 25.4 Å². The second-order valence-electron chi connectivity index (χ2n) is 7.23. The Balaban J connectivity index is 1.36. The number of carbonyl (C=O) groups excluding carboxylic acids is 1. The van der Waals surface area contributed by atoms with Crippen molar-refractivity contribution in [3.63, 3.8) is 0 Å². The zero-order valence-electron chi connectivity index (χ0n) is 16.3. The van der Waals surface area contributed by atoms with Crippen LogP contribution in [-0.2, 0) is 17.8 Å². The Morgan fingerprint density at radius 1 is 1.17 bits per heavy atom. The average Bonchev–Trinajstić information content (AvgIpc) is 3.48. The van der Waals surface area contributed by atoms with Crippen LogP contribution < -0.4 is 4.74 Å². The number of oxazole rings is 1. The molecule has 0 unspecified atom stereocenters. The number of ether oxygens (including phenoxy) is 1. The first-order chi connectivity index (χ1) is 14.1. The number of hydrogen-bond donors (Lipinski definition) is 0. The summed E-state index contributed by atoms with van der Waals surface area (Å²) in [5, 5.41) is 0. The molecular formula is C23H23FN2O3. The first-order valence-electron chi connectivity index (χ1n) is 9.75. The lowest BCUT2D eigenvalue weighted by atomic mass is 10.2. The van der Waals surface area contributed by atoms with E-state index in [1.807, 2.05) is 29.2 Å². The predicted molar refractivity (Wildman–Crippen MR) is 107 cm³/mol. The molecule has 5 nitrogen and oxygen atoms in total. The molecule has 1 aliphatic carbocycles. The van der Waals surface area contributed by atoms with E-state index in [0.29, 0.717) is 31.0 Å². The van der Waals surface area contributed by atoms with E-state index in [1.165, 1.54) is 12.1 Å². The SMILES string of the molecule is COc1ccc(-c2cnc(CCC(=O)N(Cc3ccc(F)cc3)C3CC3)o2)cc1. The number of aromatic nitrogens is 1. The molecule has 0 radical (unpaired) electrons. The van der Waals surface area contributed by atoms with Crippen LogP contribution in [0.15, 0.2) is 59.1 Å². The molecule has 4 rings (SSSR count). The molecule has 1 aromatic heterocycles. The van der Waals surface area contributed by atoms with Gasteiger partial charge in [-0.15, -0.1) is 0 Å². The van der Waals surface area contributed by atoms with Gasteiger partial charge < -0.3 is 14.1 Å². The van der Waals surface area contributed by atoms with E-state index in [2.05, 4.69) is 4.98 Å². The van der Waals surface area contributed by atoms with Crippen molar-refractivity contribution in [1.82, 2.24) is 9.88 Å². The average molecular weight is 394 g/mol. The highest BCUT2D eigenvalue weighted by atomic mass is 19.1. The van der Waals surface area contributed by atoms with E-state index < -0.39 is 0 Å². The fourth-order valence-corrected chi connectivity index (χ4v) is 3.27. The molecule has 0 spiro atoms. The molecule has 0 aliphatic heterocycles. The number of hydrogen-bond acceptors (Lipinski definition) is 4. The maximum Gasteiger partial charge on any atom is 0.223 e. The molecule has 0 N–H and O–H groups in total. The van der Waals surface area contributed by atoms with E-state index in [9.17, 15) is 9.18 Å². The summed E-state index contributed by atoms with van der Waals surface area (Å²) in [6.45, 7) is 0.506. The number of rotatable bonds is 8. The van der Waals surface area contributed by atoms with Gasteiger partial charge in [-0.05, 0) is 54.8 Å². The van der Waals surface area contributed by atoms with Crippen LogP contribution in [0.3, 0.4) is 0 Å². The smallest absolute Gasteiger partial charge is 0.223 e. The third kappa shape index (κ3) is 4.83. The van der Waals surface area contributed by atoms with Gasteiger partial charge in [0.1, 0.15) is 11.6 Å². The highest BCUT2D eigenvalue weighted by molar-refractivity contribution is 5.77. The first kappa shape index (κ1) is 19.2. The number of nitrogens with zero attached hydrogens (tertiary/aromatic N) is 2. The Morgan fingerprint density at radius 2 is 1.90 bits per heavy atom. The Labute approximate surface area is 169 Å². The molecule has 0 atom stereocenters. The molecular weight excluding hydrogens is 371 g/mol. The van der Waals surface area contributed by atoms with E-state index in [0.717, 1.165) is 29.7 Å². The van der Waals surface area contributed by atoms with Gasteiger partial charge in [-0.2, -0.15) is 0 Å². The lowest BCUT2D eigenvalue weighted by molar-refractivity contribution is -0.132. The number of methoxy groups -OCH3 is 1. The van der Waals surface area contributed by atoms with Crippen molar-refractivity contribution in [3.05, 3.63) is 72.0 Å². The van der Waals surface area contributed by atoms with Gasteiger partial charge in [-0.3, -0.25) is 4.79 Å². The Morgan fingerprint density at radius 3 is 2.55 bits per heavy atom. The Bertz CT molecular complexity index is 963. The summed E-state index contributed by atoms with van der Waals surface area (Å²) >= 11 is 0. The third-order valence-corrected chi connectivity index (χ3v) is 5.05. The minimum atomic E-state index is -0.269. The molecule has 29 heavy (non-hydrogen) atoms. The minimum Gasteiger partial charge on any atom is -0.497 e. The molecule has 0 saturated heterocycles. The lowest BCUT2D eigenvalue weighted by Crippen LogP contribution is -2.32. The van der Waals surface area contributed by atoms with E-state index in [-0.39, 0.29) is 17.8 Å². The maximum absolute atomic E-state index is 13.1. The Hall–Kier alpha value is -3.15. The van der Waals surface area contributed by atoms with Gasteiger partial charge in [0.2, 0.25) is 5.91 Å². The molecule has 150 valence electrons. The van der Waals surface area contributed by atoms with Crippen LogP contribution in [0.2, 0.25) is 0 Å². The molecule has 1 fully saturated rings. The third-order valence-electron chi connectivity index (χ3n) is 5.05. The zero-order chi connectivity index (χ0) is 20.2. The van der Waals surface area contributed by atoms with Crippen LogP contribution in [0.5, 0.6) is 5.75 Å². The number of benzene rings is 2. The maximum atomic E-state index is 13.1. The fourth-order valence-electron chi connectivity index (χ4n) is 3.27. The van der Waals surface area contributed by atoms with Gasteiger partial charge in [-0.1, -0.05) is 12.1 Å². The van der Waals surface area contributed by atoms with Crippen molar-refractivity contribution in [1.29, 1.82) is 0 Å². The van der Waals surface area contributed by atoms with Crippen molar-refractivity contribution in [2.75, 3.05) is 7.11 Å².